The zero-order chi connectivity index (χ0) is 24.0. The van der Waals surface area contributed by atoms with E-state index in [9.17, 15) is 22.8 Å². The standard InChI is InChI=1S/C24H25ClF3N3O2/c1-23(2)18-4-3-11-29-20(18)31(22(23)33)13-14-5-8-16(9-6-14)30-21(32)17-12-15(24(26,27)28)7-10-19(17)25/h3-4,7,10-12,14,16H,5-6,8-9,13H2,1-2H3,(H,30,32)/t14-,16-. The van der Waals surface area contributed by atoms with Crippen LogP contribution < -0.4 is 10.2 Å². The lowest BCUT2D eigenvalue weighted by atomic mass is 9.85. The number of anilines is 1. The van der Waals surface area contributed by atoms with E-state index < -0.39 is 23.1 Å². The molecule has 1 fully saturated rings. The molecule has 1 N–H and O–H groups in total. The molecule has 0 unspecified atom stereocenters. The third-order valence-corrected chi connectivity index (χ3v) is 6.99. The van der Waals surface area contributed by atoms with Crippen LogP contribution in [-0.2, 0) is 16.4 Å². The lowest BCUT2D eigenvalue weighted by Gasteiger charge is -2.32. The predicted octanol–water partition coefficient (Wildman–Crippen LogP) is 5.37. The average Bonchev–Trinajstić information content (AvgIpc) is 2.95. The Bertz CT molecular complexity index is 1080. The molecule has 2 aliphatic rings. The number of benzene rings is 1. The number of alkyl halides is 3. The van der Waals surface area contributed by atoms with Crippen LogP contribution in [0.25, 0.3) is 0 Å². The van der Waals surface area contributed by atoms with E-state index in [-0.39, 0.29) is 28.5 Å². The molecule has 0 radical (unpaired) electrons. The number of nitrogens with one attached hydrogen (secondary N) is 1. The quantitative estimate of drug-likeness (QED) is 0.641. The molecule has 9 heteroatoms. The Hall–Kier alpha value is -2.61. The van der Waals surface area contributed by atoms with E-state index in [4.69, 9.17) is 11.6 Å². The summed E-state index contributed by atoms with van der Waals surface area (Å²) in [5.41, 5.74) is -0.776. The van der Waals surface area contributed by atoms with E-state index in [0.717, 1.165) is 36.6 Å². The molecule has 2 amide bonds. The third kappa shape index (κ3) is 4.58. The van der Waals surface area contributed by atoms with E-state index in [1.807, 2.05) is 26.0 Å². The first kappa shape index (κ1) is 23.5. The second kappa shape index (κ2) is 8.63. The fourth-order valence-corrected chi connectivity index (χ4v) is 4.91. The first-order chi connectivity index (χ1) is 15.5. The Balaban J connectivity index is 1.37. The second-order valence-corrected chi connectivity index (χ2v) is 9.71. The second-order valence-electron chi connectivity index (χ2n) is 9.30. The molecular weight excluding hydrogens is 455 g/mol. The van der Waals surface area contributed by atoms with Crippen molar-refractivity contribution in [2.75, 3.05) is 11.4 Å². The molecule has 0 bridgehead atoms. The molecule has 4 rings (SSSR count). The highest BCUT2D eigenvalue weighted by atomic mass is 35.5. The molecule has 176 valence electrons. The van der Waals surface area contributed by atoms with Crippen molar-refractivity contribution in [3.8, 4) is 0 Å². The minimum atomic E-state index is -4.55. The van der Waals surface area contributed by atoms with E-state index >= 15 is 0 Å². The summed E-state index contributed by atoms with van der Waals surface area (Å²) in [5.74, 6) is 0.389. The van der Waals surface area contributed by atoms with Crippen LogP contribution in [0.1, 0.15) is 61.0 Å². The summed E-state index contributed by atoms with van der Waals surface area (Å²) >= 11 is 5.98. The van der Waals surface area contributed by atoms with E-state index in [1.165, 1.54) is 0 Å². The van der Waals surface area contributed by atoms with Crippen LogP contribution in [-0.4, -0.2) is 29.4 Å². The average molecular weight is 480 g/mol. The lowest BCUT2D eigenvalue weighted by molar-refractivity contribution is -0.137. The summed E-state index contributed by atoms with van der Waals surface area (Å²) in [7, 11) is 0. The normalized spacial score (nSPS) is 22.2. The van der Waals surface area contributed by atoms with Gasteiger partial charge >= 0.3 is 6.18 Å². The largest absolute Gasteiger partial charge is 0.416 e. The Morgan fingerprint density at radius 1 is 1.21 bits per heavy atom. The van der Waals surface area contributed by atoms with Gasteiger partial charge in [0.15, 0.2) is 0 Å². The zero-order valence-corrected chi connectivity index (χ0v) is 19.1. The maximum absolute atomic E-state index is 13.0. The molecular formula is C24H25ClF3N3O2. The minimum absolute atomic E-state index is 0.0180. The number of hydrogen-bond acceptors (Lipinski definition) is 3. The number of carbonyl (C=O) groups excluding carboxylic acids is 2. The number of aromatic nitrogens is 1. The SMILES string of the molecule is CC1(C)C(=O)N(C[C@H]2CC[C@H](NC(=O)c3cc(C(F)(F)F)ccc3Cl)CC2)c2ncccc21. The lowest BCUT2D eigenvalue weighted by Crippen LogP contribution is -2.42. The van der Waals surface area contributed by atoms with Crippen molar-refractivity contribution in [1.29, 1.82) is 0 Å². The Morgan fingerprint density at radius 2 is 1.91 bits per heavy atom. The molecule has 0 saturated heterocycles. The Labute approximate surface area is 195 Å². The molecule has 1 aromatic carbocycles. The van der Waals surface area contributed by atoms with Crippen LogP contribution in [0.2, 0.25) is 5.02 Å². The van der Waals surface area contributed by atoms with Gasteiger partial charge in [0, 0.05) is 24.3 Å². The number of halogens is 4. The molecule has 0 atom stereocenters. The maximum atomic E-state index is 13.0. The number of hydrogen-bond donors (Lipinski definition) is 1. The number of fused-ring (bicyclic) bond motifs is 1. The number of pyridine rings is 1. The highest BCUT2D eigenvalue weighted by Crippen LogP contribution is 2.41. The third-order valence-electron chi connectivity index (χ3n) is 6.66. The molecule has 2 heterocycles. The summed E-state index contributed by atoms with van der Waals surface area (Å²) in [4.78, 5) is 31.8. The molecule has 2 aromatic rings. The van der Waals surface area contributed by atoms with Crippen molar-refractivity contribution >= 4 is 29.2 Å². The molecule has 1 aliphatic carbocycles. The van der Waals surface area contributed by atoms with Crippen LogP contribution >= 0.6 is 11.6 Å². The van der Waals surface area contributed by atoms with Gasteiger partial charge in [-0.3, -0.25) is 14.5 Å². The monoisotopic (exact) mass is 479 g/mol. The Kier molecular flexibility index (Phi) is 6.16. The van der Waals surface area contributed by atoms with Crippen molar-refractivity contribution in [3.05, 3.63) is 58.2 Å². The van der Waals surface area contributed by atoms with Crippen molar-refractivity contribution in [2.24, 2.45) is 5.92 Å². The summed E-state index contributed by atoms with van der Waals surface area (Å²) in [6.45, 7) is 4.37. The number of carbonyl (C=O) groups is 2. The fraction of sp³-hybridized carbons (Fsp3) is 0.458. The summed E-state index contributed by atoms with van der Waals surface area (Å²) in [6.07, 6.45) is 0.0564. The highest BCUT2D eigenvalue weighted by Gasteiger charge is 2.45. The van der Waals surface area contributed by atoms with Crippen LogP contribution in [0.15, 0.2) is 36.5 Å². The van der Waals surface area contributed by atoms with Crippen LogP contribution in [0.5, 0.6) is 0 Å². The number of nitrogens with zero attached hydrogens (tertiary/aromatic N) is 2. The van der Waals surface area contributed by atoms with Crippen molar-refractivity contribution in [2.45, 2.75) is 57.2 Å². The van der Waals surface area contributed by atoms with Crippen molar-refractivity contribution in [1.82, 2.24) is 10.3 Å². The number of rotatable bonds is 4. The maximum Gasteiger partial charge on any atom is 0.416 e. The fourth-order valence-electron chi connectivity index (χ4n) is 4.70. The minimum Gasteiger partial charge on any atom is -0.349 e. The summed E-state index contributed by atoms with van der Waals surface area (Å²) in [6, 6.07) is 6.35. The van der Waals surface area contributed by atoms with E-state index in [2.05, 4.69) is 10.3 Å². The molecule has 1 aliphatic heterocycles. The van der Waals surface area contributed by atoms with Gasteiger partial charge in [-0.2, -0.15) is 13.2 Å². The van der Waals surface area contributed by atoms with Crippen molar-refractivity contribution < 1.29 is 22.8 Å². The van der Waals surface area contributed by atoms with Gasteiger partial charge in [-0.1, -0.05) is 17.7 Å². The molecule has 5 nitrogen and oxygen atoms in total. The topological polar surface area (TPSA) is 62.3 Å². The number of amides is 2. The van der Waals surface area contributed by atoms with Gasteiger partial charge in [0.2, 0.25) is 5.91 Å². The van der Waals surface area contributed by atoms with Gasteiger partial charge in [-0.15, -0.1) is 0 Å². The smallest absolute Gasteiger partial charge is 0.349 e. The zero-order valence-electron chi connectivity index (χ0n) is 18.4. The van der Waals surface area contributed by atoms with Gasteiger partial charge in [0.1, 0.15) is 5.82 Å². The molecule has 0 spiro atoms. The molecule has 1 aromatic heterocycles. The van der Waals surface area contributed by atoms with Gasteiger partial charge in [0.05, 0.1) is 21.6 Å². The van der Waals surface area contributed by atoms with E-state index in [0.29, 0.717) is 25.2 Å². The summed E-state index contributed by atoms with van der Waals surface area (Å²) in [5, 5.41) is 2.80. The molecule has 33 heavy (non-hydrogen) atoms. The predicted molar refractivity (Wildman–Crippen MR) is 119 cm³/mol. The van der Waals surface area contributed by atoms with Gasteiger partial charge < -0.3 is 5.32 Å². The van der Waals surface area contributed by atoms with Crippen molar-refractivity contribution in [3.63, 3.8) is 0 Å². The highest BCUT2D eigenvalue weighted by molar-refractivity contribution is 6.33. The Morgan fingerprint density at radius 3 is 2.58 bits per heavy atom. The van der Waals surface area contributed by atoms with Gasteiger partial charge in [-0.05, 0) is 69.7 Å². The van der Waals surface area contributed by atoms with E-state index in [1.54, 1.807) is 11.1 Å². The summed E-state index contributed by atoms with van der Waals surface area (Å²) < 4.78 is 39.0. The van der Waals surface area contributed by atoms with Crippen LogP contribution in [0, 0.1) is 5.92 Å². The first-order valence-corrected chi connectivity index (χ1v) is 11.3. The van der Waals surface area contributed by atoms with Gasteiger partial charge in [0.25, 0.3) is 5.91 Å². The van der Waals surface area contributed by atoms with Crippen LogP contribution in [0.3, 0.4) is 0 Å². The first-order valence-electron chi connectivity index (χ1n) is 10.9. The molecule has 1 saturated carbocycles. The van der Waals surface area contributed by atoms with Crippen LogP contribution in [0.4, 0.5) is 19.0 Å². The van der Waals surface area contributed by atoms with Gasteiger partial charge in [-0.25, -0.2) is 4.98 Å².